The second-order valence-electron chi connectivity index (χ2n) is 4.02. The van der Waals surface area contributed by atoms with Crippen LogP contribution in [-0.4, -0.2) is 20.0 Å². The first-order valence-electron chi connectivity index (χ1n) is 5.78. The Labute approximate surface area is 130 Å². The van der Waals surface area contributed by atoms with Gasteiger partial charge in [0.1, 0.15) is 11.5 Å². The number of ketones is 1. The molecule has 5 heteroatoms. The fourth-order valence-corrected chi connectivity index (χ4v) is 2.21. The highest BCUT2D eigenvalue weighted by Crippen LogP contribution is 2.29. The smallest absolute Gasteiger partial charge is 0.196 e. The average molecular weight is 356 g/mol. The van der Waals surface area contributed by atoms with E-state index in [1.54, 1.807) is 43.5 Å². The summed E-state index contributed by atoms with van der Waals surface area (Å²) >= 11 is 9.31. The number of benzene rings is 2. The van der Waals surface area contributed by atoms with Crippen LogP contribution in [0, 0.1) is 0 Å². The molecule has 0 bridgehead atoms. The molecule has 3 nitrogen and oxygen atoms in total. The second kappa shape index (κ2) is 6.29. The fourth-order valence-electron chi connectivity index (χ4n) is 1.78. The molecule has 0 heterocycles. The predicted molar refractivity (Wildman–Crippen MR) is 82.1 cm³/mol. The second-order valence-corrected chi connectivity index (χ2v) is 5.29. The van der Waals surface area contributed by atoms with Gasteiger partial charge in [-0.2, -0.15) is 0 Å². The van der Waals surface area contributed by atoms with Crippen LogP contribution in [0.2, 0.25) is 5.02 Å². The van der Waals surface area contributed by atoms with Gasteiger partial charge in [-0.15, -0.1) is 0 Å². The van der Waals surface area contributed by atoms with Gasteiger partial charge in [-0.25, -0.2) is 0 Å². The minimum absolute atomic E-state index is 0.154. The molecule has 0 radical (unpaired) electrons. The fraction of sp³-hybridized carbons (Fsp3) is 0.133. The van der Waals surface area contributed by atoms with Crippen LogP contribution in [0.3, 0.4) is 0 Å². The third-order valence-electron chi connectivity index (χ3n) is 2.84. The molecule has 0 aromatic heterocycles. The van der Waals surface area contributed by atoms with Gasteiger partial charge in [-0.1, -0.05) is 11.6 Å². The molecule has 0 spiro atoms. The lowest BCUT2D eigenvalue weighted by Gasteiger charge is -2.10. The van der Waals surface area contributed by atoms with Crippen molar-refractivity contribution in [3.8, 4) is 11.5 Å². The SMILES string of the molecule is COc1ccc(C(=O)c2ccc(Br)c(Cl)c2)c(OC)c1. The first-order chi connectivity index (χ1) is 9.56. The maximum absolute atomic E-state index is 12.5. The number of hydrogen-bond acceptors (Lipinski definition) is 3. The summed E-state index contributed by atoms with van der Waals surface area (Å²) in [5.41, 5.74) is 0.966. The van der Waals surface area contributed by atoms with Gasteiger partial charge in [0.05, 0.1) is 24.8 Å². The zero-order valence-electron chi connectivity index (χ0n) is 10.9. The molecule has 0 atom stereocenters. The van der Waals surface area contributed by atoms with Crippen LogP contribution in [0.15, 0.2) is 40.9 Å². The summed E-state index contributed by atoms with van der Waals surface area (Å²) in [6.45, 7) is 0. The molecule has 0 amide bonds. The minimum atomic E-state index is -0.154. The van der Waals surface area contributed by atoms with Crippen molar-refractivity contribution in [3.05, 3.63) is 57.0 Å². The maximum atomic E-state index is 12.5. The van der Waals surface area contributed by atoms with Crippen LogP contribution in [0.4, 0.5) is 0 Å². The monoisotopic (exact) mass is 354 g/mol. The lowest BCUT2D eigenvalue weighted by atomic mass is 10.0. The lowest BCUT2D eigenvalue weighted by Crippen LogP contribution is -2.04. The van der Waals surface area contributed by atoms with Crippen molar-refractivity contribution in [2.75, 3.05) is 14.2 Å². The van der Waals surface area contributed by atoms with Crippen LogP contribution < -0.4 is 9.47 Å². The van der Waals surface area contributed by atoms with E-state index in [1.807, 2.05) is 0 Å². The highest BCUT2D eigenvalue weighted by Gasteiger charge is 2.16. The van der Waals surface area contributed by atoms with Crippen LogP contribution in [0.5, 0.6) is 11.5 Å². The molecule has 2 aromatic carbocycles. The number of methoxy groups -OCH3 is 2. The Kier molecular flexibility index (Phi) is 4.68. The van der Waals surface area contributed by atoms with Gasteiger partial charge < -0.3 is 9.47 Å². The number of rotatable bonds is 4. The van der Waals surface area contributed by atoms with E-state index in [1.165, 1.54) is 7.11 Å². The number of hydrogen-bond donors (Lipinski definition) is 0. The Morgan fingerprint density at radius 1 is 1.10 bits per heavy atom. The van der Waals surface area contributed by atoms with Crippen molar-refractivity contribution >= 4 is 33.3 Å². The molecule has 0 unspecified atom stereocenters. The van der Waals surface area contributed by atoms with E-state index >= 15 is 0 Å². The molecule has 104 valence electrons. The number of ether oxygens (including phenoxy) is 2. The number of carbonyl (C=O) groups excluding carboxylic acids is 1. The zero-order chi connectivity index (χ0) is 14.7. The van der Waals surface area contributed by atoms with E-state index < -0.39 is 0 Å². The molecule has 0 saturated carbocycles. The minimum Gasteiger partial charge on any atom is -0.497 e. The van der Waals surface area contributed by atoms with Crippen molar-refractivity contribution in [2.24, 2.45) is 0 Å². The quantitative estimate of drug-likeness (QED) is 0.765. The Bertz CT molecular complexity index is 656. The van der Waals surface area contributed by atoms with E-state index in [0.29, 0.717) is 27.6 Å². The maximum Gasteiger partial charge on any atom is 0.196 e. The topological polar surface area (TPSA) is 35.5 Å². The van der Waals surface area contributed by atoms with E-state index in [-0.39, 0.29) is 5.78 Å². The molecule has 20 heavy (non-hydrogen) atoms. The van der Waals surface area contributed by atoms with Gasteiger partial charge in [0.2, 0.25) is 0 Å². The summed E-state index contributed by atoms with van der Waals surface area (Å²) in [5, 5.41) is 0.489. The first-order valence-corrected chi connectivity index (χ1v) is 6.95. The first kappa shape index (κ1) is 14.9. The summed E-state index contributed by atoms with van der Waals surface area (Å²) < 4.78 is 11.1. The van der Waals surface area contributed by atoms with Gasteiger partial charge in [0.25, 0.3) is 0 Å². The Morgan fingerprint density at radius 2 is 1.85 bits per heavy atom. The summed E-state index contributed by atoms with van der Waals surface area (Å²) in [4.78, 5) is 12.5. The summed E-state index contributed by atoms with van der Waals surface area (Å²) in [6, 6.07) is 10.1. The molecular formula is C15H12BrClO3. The standard InChI is InChI=1S/C15H12BrClO3/c1-19-10-4-5-11(14(8-10)20-2)15(18)9-3-6-12(16)13(17)7-9/h3-8H,1-2H3. The van der Waals surface area contributed by atoms with Crippen LogP contribution in [0.25, 0.3) is 0 Å². The largest absolute Gasteiger partial charge is 0.497 e. The van der Waals surface area contributed by atoms with Gasteiger partial charge in [0.15, 0.2) is 5.78 Å². The molecule has 2 rings (SSSR count). The zero-order valence-corrected chi connectivity index (χ0v) is 13.3. The van der Waals surface area contributed by atoms with E-state index in [0.717, 1.165) is 4.47 Å². The molecule has 0 aliphatic heterocycles. The van der Waals surface area contributed by atoms with Gasteiger partial charge >= 0.3 is 0 Å². The molecule has 0 aliphatic carbocycles. The van der Waals surface area contributed by atoms with E-state index in [9.17, 15) is 4.79 Å². The molecule has 0 saturated heterocycles. The van der Waals surface area contributed by atoms with Crippen molar-refractivity contribution in [1.82, 2.24) is 0 Å². The summed E-state index contributed by atoms with van der Waals surface area (Å²) in [6.07, 6.45) is 0. The van der Waals surface area contributed by atoms with Gasteiger partial charge in [-0.05, 0) is 46.3 Å². The highest BCUT2D eigenvalue weighted by molar-refractivity contribution is 9.10. The lowest BCUT2D eigenvalue weighted by molar-refractivity contribution is 0.103. The molecule has 0 N–H and O–H groups in total. The summed E-state index contributed by atoms with van der Waals surface area (Å²) in [7, 11) is 3.07. The normalized spacial score (nSPS) is 10.2. The Hall–Kier alpha value is -1.52. The summed E-state index contributed by atoms with van der Waals surface area (Å²) in [5.74, 6) is 0.944. The van der Waals surface area contributed by atoms with Crippen molar-refractivity contribution < 1.29 is 14.3 Å². The van der Waals surface area contributed by atoms with Gasteiger partial charge in [0, 0.05) is 16.1 Å². The average Bonchev–Trinajstić information content (AvgIpc) is 2.48. The van der Waals surface area contributed by atoms with Crippen LogP contribution in [0.1, 0.15) is 15.9 Å². The molecule has 0 aliphatic rings. The number of carbonyl (C=O) groups is 1. The third-order valence-corrected chi connectivity index (χ3v) is 4.07. The molecular weight excluding hydrogens is 344 g/mol. The van der Waals surface area contributed by atoms with E-state index in [4.69, 9.17) is 21.1 Å². The van der Waals surface area contributed by atoms with E-state index in [2.05, 4.69) is 15.9 Å². The van der Waals surface area contributed by atoms with Crippen LogP contribution in [-0.2, 0) is 0 Å². The molecule has 0 fully saturated rings. The third kappa shape index (κ3) is 2.97. The van der Waals surface area contributed by atoms with Crippen molar-refractivity contribution in [2.45, 2.75) is 0 Å². The Morgan fingerprint density at radius 3 is 2.45 bits per heavy atom. The van der Waals surface area contributed by atoms with Crippen molar-refractivity contribution in [3.63, 3.8) is 0 Å². The van der Waals surface area contributed by atoms with Gasteiger partial charge in [-0.3, -0.25) is 4.79 Å². The van der Waals surface area contributed by atoms with Crippen LogP contribution >= 0.6 is 27.5 Å². The Balaban J connectivity index is 2.44. The number of halogens is 2. The molecule has 2 aromatic rings. The highest BCUT2D eigenvalue weighted by atomic mass is 79.9. The van der Waals surface area contributed by atoms with Crippen molar-refractivity contribution in [1.29, 1.82) is 0 Å². The predicted octanol–water partition coefficient (Wildman–Crippen LogP) is 4.35.